The van der Waals surface area contributed by atoms with Crippen LogP contribution in [0.3, 0.4) is 0 Å². The summed E-state index contributed by atoms with van der Waals surface area (Å²) in [6.07, 6.45) is -1.48. The van der Waals surface area contributed by atoms with Crippen molar-refractivity contribution < 1.29 is 19.8 Å². The molecule has 2 N–H and O–H groups in total. The molecule has 0 radical (unpaired) electrons. The molecular weight excluding hydrogens is 222 g/mol. The van der Waals surface area contributed by atoms with Gasteiger partial charge in [0.1, 0.15) is 0 Å². The summed E-state index contributed by atoms with van der Waals surface area (Å²) in [4.78, 5) is 22.1. The molecule has 0 aliphatic heterocycles. The molecule has 0 saturated carbocycles. The van der Waals surface area contributed by atoms with Gasteiger partial charge >= 0.3 is 5.97 Å². The number of carbonyl (C=O) groups is 2. The molecule has 1 rings (SSSR count). The Morgan fingerprint density at radius 2 is 2.06 bits per heavy atom. The lowest BCUT2D eigenvalue weighted by Gasteiger charge is -2.08. The molecule has 1 aromatic carbocycles. The number of aliphatic hydroxyl groups excluding tert-OH is 1. The van der Waals surface area contributed by atoms with E-state index >= 15 is 0 Å². The molecule has 0 aliphatic carbocycles. The molecule has 1 aromatic rings. The minimum absolute atomic E-state index is 0.0355. The third-order valence-corrected chi connectivity index (χ3v) is 2.28. The Balaban J connectivity index is 3.29. The summed E-state index contributed by atoms with van der Waals surface area (Å²) in [5, 5.41) is 26.8. The van der Waals surface area contributed by atoms with Crippen molar-refractivity contribution in [2.24, 2.45) is 0 Å². The van der Waals surface area contributed by atoms with Gasteiger partial charge in [-0.15, -0.1) is 0 Å². The van der Waals surface area contributed by atoms with Gasteiger partial charge in [0, 0.05) is 12.0 Å². The third kappa shape index (κ3) is 2.89. The van der Waals surface area contributed by atoms with E-state index in [2.05, 4.69) is 0 Å². The molecule has 0 aliphatic rings. The molecule has 0 saturated heterocycles. The number of aliphatic hydroxyl groups is 1. The first-order valence-electron chi connectivity index (χ1n) is 4.98. The number of nitriles is 1. The van der Waals surface area contributed by atoms with Gasteiger partial charge in [-0.3, -0.25) is 4.79 Å². The van der Waals surface area contributed by atoms with E-state index in [0.717, 1.165) is 0 Å². The van der Waals surface area contributed by atoms with Crippen molar-refractivity contribution in [3.05, 3.63) is 34.9 Å². The molecule has 0 aromatic heterocycles. The second kappa shape index (κ2) is 5.23. The summed E-state index contributed by atoms with van der Waals surface area (Å²) in [6, 6.07) is 5.76. The summed E-state index contributed by atoms with van der Waals surface area (Å²) in [7, 11) is 0. The van der Waals surface area contributed by atoms with E-state index in [-0.39, 0.29) is 28.9 Å². The standard InChI is InChI=1S/C12H11NO4/c1-2-10(14)8-3-7(6-13)4-9(5-8)11(15)12(16)17/h3-5,11,15H,2H2,1H3,(H,16,17). The van der Waals surface area contributed by atoms with Gasteiger partial charge in [-0.25, -0.2) is 4.79 Å². The van der Waals surface area contributed by atoms with Crippen LogP contribution in [0.5, 0.6) is 0 Å². The highest BCUT2D eigenvalue weighted by molar-refractivity contribution is 5.96. The molecule has 0 amide bonds. The number of benzene rings is 1. The van der Waals surface area contributed by atoms with Gasteiger partial charge in [-0.2, -0.15) is 5.26 Å². The summed E-state index contributed by atoms with van der Waals surface area (Å²) in [5.41, 5.74) is 0.426. The normalized spacial score (nSPS) is 11.6. The van der Waals surface area contributed by atoms with Crippen molar-refractivity contribution in [1.82, 2.24) is 0 Å². The Hall–Kier alpha value is -2.19. The maximum Gasteiger partial charge on any atom is 0.337 e. The van der Waals surface area contributed by atoms with Gasteiger partial charge in [-0.05, 0) is 23.8 Å². The van der Waals surface area contributed by atoms with Crippen LogP contribution in [-0.2, 0) is 4.79 Å². The van der Waals surface area contributed by atoms with E-state index in [9.17, 15) is 14.7 Å². The fourth-order valence-electron chi connectivity index (χ4n) is 1.38. The quantitative estimate of drug-likeness (QED) is 0.763. The summed E-state index contributed by atoms with van der Waals surface area (Å²) >= 11 is 0. The molecule has 5 nitrogen and oxygen atoms in total. The Kier molecular flexibility index (Phi) is 3.96. The van der Waals surface area contributed by atoms with Crippen LogP contribution < -0.4 is 0 Å². The molecule has 88 valence electrons. The lowest BCUT2D eigenvalue weighted by atomic mass is 9.99. The molecule has 0 heterocycles. The Morgan fingerprint density at radius 1 is 1.41 bits per heavy atom. The zero-order valence-corrected chi connectivity index (χ0v) is 9.17. The highest BCUT2D eigenvalue weighted by atomic mass is 16.4. The topological polar surface area (TPSA) is 98.4 Å². The number of ketones is 1. The van der Waals surface area contributed by atoms with Crippen LogP contribution in [0.4, 0.5) is 0 Å². The smallest absolute Gasteiger partial charge is 0.337 e. The van der Waals surface area contributed by atoms with Gasteiger partial charge in [-0.1, -0.05) is 6.92 Å². The average molecular weight is 233 g/mol. The lowest BCUT2D eigenvalue weighted by Crippen LogP contribution is -2.11. The fourth-order valence-corrected chi connectivity index (χ4v) is 1.38. The van der Waals surface area contributed by atoms with Gasteiger partial charge < -0.3 is 10.2 Å². The summed E-state index contributed by atoms with van der Waals surface area (Å²) < 4.78 is 0. The number of carbonyl (C=O) groups excluding carboxylic acids is 1. The molecular formula is C12H11NO4. The summed E-state index contributed by atoms with van der Waals surface area (Å²) in [5.74, 6) is -1.63. The highest BCUT2D eigenvalue weighted by Gasteiger charge is 2.18. The molecule has 1 unspecified atom stereocenters. The first-order chi connectivity index (χ1) is 7.99. The zero-order valence-electron chi connectivity index (χ0n) is 9.17. The van der Waals surface area contributed by atoms with E-state index in [4.69, 9.17) is 10.4 Å². The van der Waals surface area contributed by atoms with E-state index in [1.54, 1.807) is 6.92 Å². The molecule has 1 atom stereocenters. The van der Waals surface area contributed by atoms with Crippen molar-refractivity contribution in [3.8, 4) is 6.07 Å². The van der Waals surface area contributed by atoms with Crippen molar-refractivity contribution in [2.45, 2.75) is 19.4 Å². The number of hydrogen-bond acceptors (Lipinski definition) is 4. The lowest BCUT2D eigenvalue weighted by molar-refractivity contribution is -0.146. The Labute approximate surface area is 97.9 Å². The predicted molar refractivity (Wildman–Crippen MR) is 58.4 cm³/mol. The Bertz CT molecular complexity index is 502. The first kappa shape index (κ1) is 12.9. The van der Waals surface area contributed by atoms with Gasteiger partial charge in [0.25, 0.3) is 0 Å². The minimum Gasteiger partial charge on any atom is -0.479 e. The van der Waals surface area contributed by atoms with Crippen LogP contribution >= 0.6 is 0 Å². The highest BCUT2D eigenvalue weighted by Crippen LogP contribution is 2.18. The van der Waals surface area contributed by atoms with Gasteiger partial charge in [0.05, 0.1) is 11.6 Å². The average Bonchev–Trinajstić information content (AvgIpc) is 2.35. The van der Waals surface area contributed by atoms with Crippen molar-refractivity contribution in [1.29, 1.82) is 5.26 Å². The van der Waals surface area contributed by atoms with Crippen molar-refractivity contribution in [3.63, 3.8) is 0 Å². The third-order valence-electron chi connectivity index (χ3n) is 2.28. The molecule has 0 spiro atoms. The predicted octanol–water partition coefficient (Wildman–Crippen LogP) is 1.27. The number of Topliss-reactive ketones (excluding diaryl/α,β-unsaturated/α-hetero) is 1. The monoisotopic (exact) mass is 233 g/mol. The van der Waals surface area contributed by atoms with Crippen LogP contribution in [0.15, 0.2) is 18.2 Å². The van der Waals surface area contributed by atoms with Crippen LogP contribution in [0, 0.1) is 11.3 Å². The van der Waals surface area contributed by atoms with Crippen LogP contribution in [-0.4, -0.2) is 22.0 Å². The van der Waals surface area contributed by atoms with Crippen LogP contribution in [0.1, 0.15) is 40.9 Å². The van der Waals surface area contributed by atoms with Crippen LogP contribution in [0.25, 0.3) is 0 Å². The molecule has 0 fully saturated rings. The first-order valence-corrected chi connectivity index (χ1v) is 4.98. The number of nitrogens with zero attached hydrogens (tertiary/aromatic N) is 1. The van der Waals surface area contributed by atoms with E-state index < -0.39 is 12.1 Å². The maximum atomic E-state index is 11.5. The second-order valence-electron chi connectivity index (χ2n) is 3.47. The summed E-state index contributed by atoms with van der Waals surface area (Å²) in [6.45, 7) is 1.66. The number of aliphatic carboxylic acids is 1. The van der Waals surface area contributed by atoms with Crippen molar-refractivity contribution >= 4 is 11.8 Å². The van der Waals surface area contributed by atoms with Gasteiger partial charge in [0.2, 0.25) is 0 Å². The minimum atomic E-state index is -1.73. The largest absolute Gasteiger partial charge is 0.479 e. The van der Waals surface area contributed by atoms with E-state index in [1.165, 1.54) is 18.2 Å². The maximum absolute atomic E-state index is 11.5. The second-order valence-corrected chi connectivity index (χ2v) is 3.47. The van der Waals surface area contributed by atoms with Gasteiger partial charge in [0.15, 0.2) is 11.9 Å². The number of carboxylic acid groups (broad SMARTS) is 1. The Morgan fingerprint density at radius 3 is 2.53 bits per heavy atom. The van der Waals surface area contributed by atoms with Crippen molar-refractivity contribution in [2.75, 3.05) is 0 Å². The molecule has 17 heavy (non-hydrogen) atoms. The molecule has 0 bridgehead atoms. The van der Waals surface area contributed by atoms with E-state index in [1.807, 2.05) is 6.07 Å². The number of hydrogen-bond donors (Lipinski definition) is 2. The van der Waals surface area contributed by atoms with Crippen LogP contribution in [0.2, 0.25) is 0 Å². The number of rotatable bonds is 4. The fraction of sp³-hybridized carbons (Fsp3) is 0.250. The number of carboxylic acids is 1. The zero-order chi connectivity index (χ0) is 13.0. The molecule has 5 heteroatoms. The SMILES string of the molecule is CCC(=O)c1cc(C#N)cc(C(O)C(=O)O)c1. The van der Waals surface area contributed by atoms with E-state index in [0.29, 0.717) is 0 Å².